The second-order valence-electron chi connectivity index (χ2n) is 6.17. The Kier molecular flexibility index (Phi) is 4.03. The summed E-state index contributed by atoms with van der Waals surface area (Å²) < 4.78 is 5.88. The lowest BCUT2D eigenvalue weighted by Gasteiger charge is -2.28. The highest BCUT2D eigenvalue weighted by Crippen LogP contribution is 2.35. The quantitative estimate of drug-likeness (QED) is 0.882. The van der Waals surface area contributed by atoms with E-state index in [1.54, 1.807) is 0 Å². The van der Waals surface area contributed by atoms with E-state index in [2.05, 4.69) is 41.5 Å². The molecule has 3 unspecified atom stereocenters. The predicted octanol–water partition coefficient (Wildman–Crippen LogP) is 3.65. The van der Waals surface area contributed by atoms with Crippen LogP contribution in [0.1, 0.15) is 52.8 Å². The van der Waals surface area contributed by atoms with Crippen LogP contribution in [0.2, 0.25) is 0 Å². The molecule has 0 spiro atoms. The summed E-state index contributed by atoms with van der Waals surface area (Å²) in [6.07, 6.45) is 1.29. The number of ether oxygens (including phenoxy) is 1. The average Bonchev–Trinajstić information content (AvgIpc) is 2.80. The highest BCUT2D eigenvalue weighted by molar-refractivity contribution is 5.51. The van der Waals surface area contributed by atoms with Gasteiger partial charge in [0.15, 0.2) is 0 Å². The fourth-order valence-electron chi connectivity index (χ4n) is 3.37. The molecule has 0 amide bonds. The van der Waals surface area contributed by atoms with Gasteiger partial charge >= 0.3 is 0 Å². The number of hydrogen-bond acceptors (Lipinski definition) is 2. The van der Waals surface area contributed by atoms with Crippen LogP contribution in [0.5, 0.6) is 0 Å². The van der Waals surface area contributed by atoms with Crippen molar-refractivity contribution in [2.45, 2.75) is 60.1 Å². The zero-order valence-corrected chi connectivity index (χ0v) is 13.1. The van der Waals surface area contributed by atoms with Gasteiger partial charge in [-0.15, -0.1) is 0 Å². The van der Waals surface area contributed by atoms with Crippen LogP contribution in [-0.2, 0) is 4.74 Å². The molecule has 1 aromatic carbocycles. The van der Waals surface area contributed by atoms with Gasteiger partial charge in [-0.25, -0.2) is 0 Å². The van der Waals surface area contributed by atoms with E-state index in [0.717, 1.165) is 13.0 Å². The smallest absolute Gasteiger partial charge is 0.0794 e. The first-order chi connectivity index (χ1) is 8.86. The molecule has 19 heavy (non-hydrogen) atoms. The van der Waals surface area contributed by atoms with E-state index in [1.807, 2.05) is 0 Å². The van der Waals surface area contributed by atoms with Crippen molar-refractivity contribution < 1.29 is 4.74 Å². The van der Waals surface area contributed by atoms with E-state index in [0.29, 0.717) is 5.92 Å². The van der Waals surface area contributed by atoms with Crippen LogP contribution in [0.25, 0.3) is 0 Å². The van der Waals surface area contributed by atoms with Crippen LogP contribution >= 0.6 is 0 Å². The van der Waals surface area contributed by atoms with Crippen LogP contribution in [0.15, 0.2) is 0 Å². The first kappa shape index (κ1) is 14.5. The van der Waals surface area contributed by atoms with Crippen molar-refractivity contribution in [1.29, 1.82) is 0 Å². The van der Waals surface area contributed by atoms with Gasteiger partial charge in [0, 0.05) is 6.61 Å². The van der Waals surface area contributed by atoms with Crippen molar-refractivity contribution in [3.8, 4) is 0 Å². The topological polar surface area (TPSA) is 35.2 Å². The zero-order chi connectivity index (χ0) is 14.3. The van der Waals surface area contributed by atoms with Gasteiger partial charge in [-0.3, -0.25) is 0 Å². The third-order valence-electron chi connectivity index (χ3n) is 5.19. The Hall–Kier alpha value is -0.860. The molecule has 1 aliphatic heterocycles. The standard InChI is InChI=1S/C17H27NO/c1-9-7-8-19-17(9)16(18)15-13(5)11(3)10(2)12(4)14(15)6/h9,16-17H,7-8,18H2,1-6H3. The van der Waals surface area contributed by atoms with Gasteiger partial charge in [0.05, 0.1) is 12.1 Å². The molecule has 0 aliphatic carbocycles. The van der Waals surface area contributed by atoms with Crippen molar-refractivity contribution in [3.05, 3.63) is 33.4 Å². The molecule has 1 heterocycles. The maximum absolute atomic E-state index is 6.56. The Morgan fingerprint density at radius 2 is 1.42 bits per heavy atom. The van der Waals surface area contributed by atoms with Crippen molar-refractivity contribution in [1.82, 2.24) is 0 Å². The van der Waals surface area contributed by atoms with E-state index >= 15 is 0 Å². The highest BCUT2D eigenvalue weighted by Gasteiger charge is 2.33. The largest absolute Gasteiger partial charge is 0.376 e. The monoisotopic (exact) mass is 261 g/mol. The van der Waals surface area contributed by atoms with Crippen LogP contribution in [0, 0.1) is 40.5 Å². The third kappa shape index (κ3) is 2.32. The molecule has 1 fully saturated rings. The summed E-state index contributed by atoms with van der Waals surface area (Å²) in [6, 6.07) is -0.00417. The van der Waals surface area contributed by atoms with Gasteiger partial charge in [-0.05, 0) is 80.3 Å². The first-order valence-electron chi connectivity index (χ1n) is 7.30. The van der Waals surface area contributed by atoms with Crippen molar-refractivity contribution in [2.75, 3.05) is 6.61 Å². The zero-order valence-electron chi connectivity index (χ0n) is 13.1. The molecule has 2 nitrogen and oxygen atoms in total. The fraction of sp³-hybridized carbons (Fsp3) is 0.647. The Balaban J connectivity index is 2.50. The fourth-order valence-corrected chi connectivity index (χ4v) is 3.37. The van der Waals surface area contributed by atoms with Crippen molar-refractivity contribution in [3.63, 3.8) is 0 Å². The van der Waals surface area contributed by atoms with Crippen LogP contribution in [0.4, 0.5) is 0 Å². The van der Waals surface area contributed by atoms with Gasteiger partial charge in [0.2, 0.25) is 0 Å². The normalized spacial score (nSPS) is 24.8. The Labute approximate surface area is 117 Å². The number of rotatable bonds is 2. The van der Waals surface area contributed by atoms with E-state index < -0.39 is 0 Å². The molecule has 0 bridgehead atoms. The summed E-state index contributed by atoms with van der Waals surface area (Å²) >= 11 is 0. The first-order valence-corrected chi connectivity index (χ1v) is 7.30. The second kappa shape index (κ2) is 5.26. The summed E-state index contributed by atoms with van der Waals surface area (Å²) in [4.78, 5) is 0. The third-order valence-corrected chi connectivity index (χ3v) is 5.19. The summed E-state index contributed by atoms with van der Waals surface area (Å²) in [5, 5.41) is 0. The molecule has 1 aliphatic rings. The molecule has 0 radical (unpaired) electrons. The molecule has 2 rings (SSSR count). The second-order valence-corrected chi connectivity index (χ2v) is 6.17. The lowest BCUT2D eigenvalue weighted by atomic mass is 9.83. The van der Waals surface area contributed by atoms with Gasteiger partial charge < -0.3 is 10.5 Å². The lowest BCUT2D eigenvalue weighted by Crippen LogP contribution is -2.31. The summed E-state index contributed by atoms with van der Waals surface area (Å²) in [6.45, 7) is 14.1. The highest BCUT2D eigenvalue weighted by atomic mass is 16.5. The predicted molar refractivity (Wildman–Crippen MR) is 80.6 cm³/mol. The maximum Gasteiger partial charge on any atom is 0.0794 e. The van der Waals surface area contributed by atoms with Gasteiger partial charge in [-0.2, -0.15) is 0 Å². The van der Waals surface area contributed by atoms with Crippen LogP contribution in [-0.4, -0.2) is 12.7 Å². The van der Waals surface area contributed by atoms with Crippen LogP contribution in [0.3, 0.4) is 0 Å². The van der Waals surface area contributed by atoms with Crippen molar-refractivity contribution >= 4 is 0 Å². The number of nitrogens with two attached hydrogens (primary N) is 1. The van der Waals surface area contributed by atoms with Crippen molar-refractivity contribution in [2.24, 2.45) is 11.7 Å². The maximum atomic E-state index is 6.56. The lowest BCUT2D eigenvalue weighted by molar-refractivity contribution is 0.0721. The van der Waals surface area contributed by atoms with E-state index in [-0.39, 0.29) is 12.1 Å². The Bertz CT molecular complexity index is 464. The molecule has 3 atom stereocenters. The molecule has 0 aromatic heterocycles. The van der Waals surface area contributed by atoms with E-state index in [9.17, 15) is 0 Å². The summed E-state index contributed by atoms with van der Waals surface area (Å²) in [5.41, 5.74) is 14.7. The molecule has 2 heteroatoms. The van der Waals surface area contributed by atoms with E-state index in [1.165, 1.54) is 33.4 Å². The minimum Gasteiger partial charge on any atom is -0.376 e. The summed E-state index contributed by atoms with van der Waals surface area (Å²) in [7, 11) is 0. The SMILES string of the molecule is Cc1c(C)c(C)c(C(N)C2OCCC2C)c(C)c1C. The molecular formula is C17H27NO. The average molecular weight is 261 g/mol. The van der Waals surface area contributed by atoms with Gasteiger partial charge in [0.25, 0.3) is 0 Å². The van der Waals surface area contributed by atoms with Gasteiger partial charge in [0.1, 0.15) is 0 Å². The Morgan fingerprint density at radius 3 is 1.84 bits per heavy atom. The van der Waals surface area contributed by atoms with Crippen LogP contribution < -0.4 is 5.73 Å². The molecule has 1 aromatic rings. The number of hydrogen-bond donors (Lipinski definition) is 1. The molecule has 1 saturated heterocycles. The summed E-state index contributed by atoms with van der Waals surface area (Å²) in [5.74, 6) is 0.552. The molecule has 0 saturated carbocycles. The van der Waals surface area contributed by atoms with E-state index in [4.69, 9.17) is 10.5 Å². The molecule has 106 valence electrons. The Morgan fingerprint density at radius 1 is 0.947 bits per heavy atom. The minimum atomic E-state index is -0.00417. The van der Waals surface area contributed by atoms with Gasteiger partial charge in [-0.1, -0.05) is 6.92 Å². The number of benzene rings is 1. The molecule has 2 N–H and O–H groups in total. The molecular weight excluding hydrogens is 234 g/mol. The minimum absolute atomic E-state index is 0.00417.